The zero-order valence-electron chi connectivity index (χ0n) is 11.8. The van der Waals surface area contributed by atoms with Crippen molar-refractivity contribution in [2.75, 3.05) is 45.9 Å². The molecule has 1 aliphatic heterocycles. The minimum absolute atomic E-state index is 0.243. The summed E-state index contributed by atoms with van der Waals surface area (Å²) in [5.74, 6) is 0. The molecule has 1 aliphatic rings. The first-order valence-electron chi connectivity index (χ1n) is 7.27. The van der Waals surface area contributed by atoms with Gasteiger partial charge in [-0.2, -0.15) is 0 Å². The Kier molecular flexibility index (Phi) is 6.45. The summed E-state index contributed by atoms with van der Waals surface area (Å²) in [5.41, 5.74) is 7.29. The van der Waals surface area contributed by atoms with Crippen molar-refractivity contribution in [3.05, 3.63) is 34.3 Å². The van der Waals surface area contributed by atoms with Gasteiger partial charge in [0.2, 0.25) is 0 Å². The standard InChI is InChI=1S/C15H24BrN3O/c16-14-4-2-13(3-5-14)15(12-17)19-7-1-6-18(8-9-19)10-11-20/h2-5,15,20H,1,6-12,17H2. The number of β-amino-alcohol motifs (C(OH)–C–C–N with tert-alkyl or cyclic N) is 1. The maximum atomic E-state index is 9.06. The first-order chi connectivity index (χ1) is 9.74. The molecule has 0 aromatic heterocycles. The van der Waals surface area contributed by atoms with Gasteiger partial charge in [0.1, 0.15) is 0 Å². The smallest absolute Gasteiger partial charge is 0.0558 e. The Bertz CT molecular complexity index is 399. The SMILES string of the molecule is NCC(c1ccc(Br)cc1)N1CCCN(CCO)CC1. The molecule has 0 aliphatic carbocycles. The van der Waals surface area contributed by atoms with E-state index in [1.165, 1.54) is 5.56 Å². The topological polar surface area (TPSA) is 52.7 Å². The van der Waals surface area contributed by atoms with Gasteiger partial charge in [-0.15, -0.1) is 0 Å². The van der Waals surface area contributed by atoms with Crippen LogP contribution in [0.3, 0.4) is 0 Å². The Hall–Kier alpha value is -0.460. The average Bonchev–Trinajstić information content (AvgIpc) is 2.68. The van der Waals surface area contributed by atoms with Gasteiger partial charge >= 0.3 is 0 Å². The number of hydrogen-bond donors (Lipinski definition) is 2. The van der Waals surface area contributed by atoms with E-state index in [2.05, 4.69) is 50.0 Å². The predicted molar refractivity (Wildman–Crippen MR) is 85.7 cm³/mol. The van der Waals surface area contributed by atoms with Crippen molar-refractivity contribution in [3.8, 4) is 0 Å². The van der Waals surface area contributed by atoms with Gasteiger partial charge in [-0.1, -0.05) is 28.1 Å². The van der Waals surface area contributed by atoms with Crippen LogP contribution in [-0.2, 0) is 0 Å². The Balaban J connectivity index is 2.02. The fraction of sp³-hybridized carbons (Fsp3) is 0.600. The number of benzene rings is 1. The second-order valence-electron chi connectivity index (χ2n) is 5.26. The molecule has 1 unspecified atom stereocenters. The molecule has 2 rings (SSSR count). The van der Waals surface area contributed by atoms with Crippen LogP contribution in [0.25, 0.3) is 0 Å². The van der Waals surface area contributed by atoms with Crippen LogP contribution in [-0.4, -0.2) is 60.8 Å². The molecule has 0 amide bonds. The van der Waals surface area contributed by atoms with Crippen molar-refractivity contribution in [1.82, 2.24) is 9.80 Å². The van der Waals surface area contributed by atoms with Crippen molar-refractivity contribution in [2.45, 2.75) is 12.5 Å². The van der Waals surface area contributed by atoms with Crippen molar-refractivity contribution in [1.29, 1.82) is 0 Å². The van der Waals surface area contributed by atoms with E-state index in [-0.39, 0.29) is 12.6 Å². The molecule has 0 spiro atoms. The Morgan fingerprint density at radius 1 is 1.15 bits per heavy atom. The number of rotatable bonds is 5. The fourth-order valence-electron chi connectivity index (χ4n) is 2.85. The zero-order chi connectivity index (χ0) is 14.4. The second kappa shape index (κ2) is 8.10. The quantitative estimate of drug-likeness (QED) is 0.851. The molecule has 112 valence electrons. The van der Waals surface area contributed by atoms with E-state index in [0.29, 0.717) is 6.54 Å². The van der Waals surface area contributed by atoms with E-state index in [0.717, 1.165) is 43.6 Å². The zero-order valence-corrected chi connectivity index (χ0v) is 13.4. The lowest BCUT2D eigenvalue weighted by Crippen LogP contribution is -2.37. The van der Waals surface area contributed by atoms with Gasteiger partial charge in [-0.25, -0.2) is 0 Å². The summed E-state index contributed by atoms with van der Waals surface area (Å²) in [5, 5.41) is 9.06. The lowest BCUT2D eigenvalue weighted by atomic mass is 10.1. The van der Waals surface area contributed by atoms with E-state index < -0.39 is 0 Å². The van der Waals surface area contributed by atoms with Gasteiger partial charge < -0.3 is 10.8 Å². The lowest BCUT2D eigenvalue weighted by Gasteiger charge is -2.30. The highest BCUT2D eigenvalue weighted by Crippen LogP contribution is 2.23. The monoisotopic (exact) mass is 341 g/mol. The molecule has 0 saturated carbocycles. The Morgan fingerprint density at radius 2 is 1.90 bits per heavy atom. The van der Waals surface area contributed by atoms with Crippen LogP contribution in [0.5, 0.6) is 0 Å². The summed E-state index contributed by atoms with van der Waals surface area (Å²) in [6.45, 7) is 5.81. The summed E-state index contributed by atoms with van der Waals surface area (Å²) in [6, 6.07) is 8.75. The van der Waals surface area contributed by atoms with Gasteiger partial charge in [-0.05, 0) is 30.7 Å². The molecule has 1 saturated heterocycles. The van der Waals surface area contributed by atoms with Crippen LogP contribution < -0.4 is 5.73 Å². The summed E-state index contributed by atoms with van der Waals surface area (Å²) < 4.78 is 1.10. The van der Waals surface area contributed by atoms with Crippen molar-refractivity contribution < 1.29 is 5.11 Å². The van der Waals surface area contributed by atoms with Crippen LogP contribution in [0, 0.1) is 0 Å². The number of halogens is 1. The Morgan fingerprint density at radius 3 is 2.55 bits per heavy atom. The Labute approximate surface area is 129 Å². The van der Waals surface area contributed by atoms with Gasteiger partial charge in [0.05, 0.1) is 6.61 Å². The summed E-state index contributed by atoms with van der Waals surface area (Å²) in [4.78, 5) is 4.80. The molecule has 20 heavy (non-hydrogen) atoms. The average molecular weight is 342 g/mol. The van der Waals surface area contributed by atoms with Crippen LogP contribution >= 0.6 is 15.9 Å². The molecular weight excluding hydrogens is 318 g/mol. The van der Waals surface area contributed by atoms with Crippen LogP contribution in [0.1, 0.15) is 18.0 Å². The van der Waals surface area contributed by atoms with Gasteiger partial charge in [0.15, 0.2) is 0 Å². The molecule has 0 radical (unpaired) electrons. The third-order valence-corrected chi connectivity index (χ3v) is 4.49. The predicted octanol–water partition coefficient (Wildman–Crippen LogP) is 1.45. The largest absolute Gasteiger partial charge is 0.395 e. The van der Waals surface area contributed by atoms with E-state index >= 15 is 0 Å². The number of hydrogen-bond acceptors (Lipinski definition) is 4. The molecule has 0 bridgehead atoms. The van der Waals surface area contributed by atoms with Crippen molar-refractivity contribution in [3.63, 3.8) is 0 Å². The minimum Gasteiger partial charge on any atom is -0.395 e. The number of aliphatic hydroxyl groups is 1. The normalized spacial score (nSPS) is 19.8. The molecule has 4 nitrogen and oxygen atoms in total. The third kappa shape index (κ3) is 4.27. The first-order valence-corrected chi connectivity index (χ1v) is 8.06. The minimum atomic E-state index is 0.243. The van der Waals surface area contributed by atoms with Crippen LogP contribution in [0.15, 0.2) is 28.7 Å². The maximum Gasteiger partial charge on any atom is 0.0558 e. The van der Waals surface area contributed by atoms with Gasteiger partial charge in [-0.3, -0.25) is 9.80 Å². The number of aliphatic hydroxyl groups excluding tert-OH is 1. The molecular formula is C15H24BrN3O. The summed E-state index contributed by atoms with van der Waals surface area (Å²) in [7, 11) is 0. The molecule has 1 fully saturated rings. The van der Waals surface area contributed by atoms with Crippen molar-refractivity contribution in [2.24, 2.45) is 5.73 Å². The third-order valence-electron chi connectivity index (χ3n) is 3.96. The highest BCUT2D eigenvalue weighted by atomic mass is 79.9. The van der Waals surface area contributed by atoms with Crippen LogP contribution in [0.4, 0.5) is 0 Å². The molecule has 1 atom stereocenters. The fourth-order valence-corrected chi connectivity index (χ4v) is 3.11. The molecule has 5 heteroatoms. The highest BCUT2D eigenvalue weighted by molar-refractivity contribution is 9.10. The van der Waals surface area contributed by atoms with E-state index in [1.807, 2.05) is 0 Å². The lowest BCUT2D eigenvalue weighted by molar-refractivity contribution is 0.182. The number of nitrogens with zero attached hydrogens (tertiary/aromatic N) is 2. The summed E-state index contributed by atoms with van der Waals surface area (Å²) >= 11 is 3.47. The maximum absolute atomic E-state index is 9.06. The first kappa shape index (κ1) is 15.9. The molecule has 1 aromatic rings. The van der Waals surface area contributed by atoms with Crippen molar-refractivity contribution >= 4 is 15.9 Å². The highest BCUT2D eigenvalue weighted by Gasteiger charge is 2.22. The van der Waals surface area contributed by atoms with E-state index in [4.69, 9.17) is 10.8 Å². The second-order valence-corrected chi connectivity index (χ2v) is 6.17. The summed E-state index contributed by atoms with van der Waals surface area (Å²) in [6.07, 6.45) is 1.13. The van der Waals surface area contributed by atoms with Gasteiger partial charge in [0, 0.05) is 43.2 Å². The molecule has 3 N–H and O–H groups in total. The number of nitrogens with two attached hydrogens (primary N) is 1. The van der Waals surface area contributed by atoms with Gasteiger partial charge in [0.25, 0.3) is 0 Å². The molecule has 1 aromatic carbocycles. The van der Waals surface area contributed by atoms with E-state index in [9.17, 15) is 0 Å². The molecule has 1 heterocycles. The van der Waals surface area contributed by atoms with Crippen LogP contribution in [0.2, 0.25) is 0 Å². The van der Waals surface area contributed by atoms with E-state index in [1.54, 1.807) is 0 Å².